The van der Waals surface area contributed by atoms with Crippen molar-refractivity contribution >= 4 is 15.7 Å². The minimum atomic E-state index is -3.84. The van der Waals surface area contributed by atoms with Crippen molar-refractivity contribution in [1.29, 1.82) is 0 Å². The van der Waals surface area contributed by atoms with Crippen LogP contribution in [0.1, 0.15) is 5.69 Å². The van der Waals surface area contributed by atoms with E-state index in [4.69, 9.17) is 9.84 Å². The summed E-state index contributed by atoms with van der Waals surface area (Å²) in [6, 6.07) is 5.03. The van der Waals surface area contributed by atoms with Crippen molar-refractivity contribution in [3.05, 3.63) is 42.0 Å². The Balaban J connectivity index is 2.26. The second kappa shape index (κ2) is 5.51. The van der Waals surface area contributed by atoms with Gasteiger partial charge in [-0.25, -0.2) is 12.8 Å². The number of aliphatic hydroxyl groups excluding tert-OH is 1. The molecule has 1 aromatic heterocycles. The molecule has 0 aliphatic rings. The van der Waals surface area contributed by atoms with E-state index in [2.05, 4.69) is 9.71 Å². The Kier molecular flexibility index (Phi) is 3.96. The van der Waals surface area contributed by atoms with Crippen molar-refractivity contribution in [1.82, 2.24) is 4.98 Å². The van der Waals surface area contributed by atoms with Gasteiger partial charge in [-0.3, -0.25) is 4.72 Å². The number of anilines is 1. The van der Waals surface area contributed by atoms with Gasteiger partial charge in [0.2, 0.25) is 0 Å². The Morgan fingerprint density at radius 1 is 1.40 bits per heavy atom. The first-order valence-corrected chi connectivity index (χ1v) is 7.09. The molecule has 6 nitrogen and oxygen atoms in total. The molecule has 0 aliphatic heterocycles. The number of benzene rings is 1. The Hall–Kier alpha value is -2.06. The van der Waals surface area contributed by atoms with Crippen LogP contribution in [0.25, 0.3) is 0 Å². The summed E-state index contributed by atoms with van der Waals surface area (Å²) in [4.78, 5) is 2.57. The lowest BCUT2D eigenvalue weighted by molar-refractivity contribution is 0.277. The average molecular weight is 300 g/mol. The summed E-state index contributed by atoms with van der Waals surface area (Å²) in [6.45, 7) is -0.299. The van der Waals surface area contributed by atoms with E-state index in [0.717, 1.165) is 6.07 Å². The fourth-order valence-electron chi connectivity index (χ4n) is 1.61. The molecule has 2 rings (SSSR count). The lowest BCUT2D eigenvalue weighted by Gasteiger charge is -2.08. The predicted octanol–water partition coefficient (Wildman–Crippen LogP) is 1.46. The number of halogens is 1. The summed E-state index contributed by atoms with van der Waals surface area (Å²) in [5.74, 6) is -0.644. The fraction of sp³-hybridized carbons (Fsp3) is 0.167. The number of sulfonamides is 1. The second-order valence-corrected chi connectivity index (χ2v) is 5.66. The lowest BCUT2D eigenvalue weighted by Crippen LogP contribution is -2.12. The van der Waals surface area contributed by atoms with Crippen LogP contribution in [0.3, 0.4) is 0 Å². The monoisotopic (exact) mass is 300 g/mol. The van der Waals surface area contributed by atoms with Gasteiger partial charge in [0.15, 0.2) is 11.6 Å². The molecule has 0 spiro atoms. The van der Waals surface area contributed by atoms with Crippen LogP contribution in [0.2, 0.25) is 0 Å². The van der Waals surface area contributed by atoms with Crippen LogP contribution in [0.4, 0.5) is 10.1 Å². The van der Waals surface area contributed by atoms with Gasteiger partial charge in [0, 0.05) is 18.0 Å². The minimum Gasteiger partial charge on any atom is -0.494 e. The highest BCUT2D eigenvalue weighted by atomic mass is 32.2. The molecule has 3 N–H and O–H groups in total. The van der Waals surface area contributed by atoms with Crippen molar-refractivity contribution in [3.63, 3.8) is 0 Å². The van der Waals surface area contributed by atoms with Crippen LogP contribution in [0.5, 0.6) is 5.75 Å². The van der Waals surface area contributed by atoms with Gasteiger partial charge in [-0.15, -0.1) is 0 Å². The number of aromatic amines is 1. The van der Waals surface area contributed by atoms with Crippen LogP contribution in [0, 0.1) is 5.82 Å². The molecule has 0 saturated heterocycles. The van der Waals surface area contributed by atoms with E-state index >= 15 is 0 Å². The van der Waals surface area contributed by atoms with Gasteiger partial charge in [-0.05, 0) is 18.2 Å². The Morgan fingerprint density at radius 2 is 2.15 bits per heavy atom. The molecule has 0 unspecified atom stereocenters. The number of rotatable bonds is 5. The first kappa shape index (κ1) is 14.4. The van der Waals surface area contributed by atoms with E-state index in [9.17, 15) is 12.8 Å². The van der Waals surface area contributed by atoms with Gasteiger partial charge < -0.3 is 14.8 Å². The summed E-state index contributed by atoms with van der Waals surface area (Å²) >= 11 is 0. The lowest BCUT2D eigenvalue weighted by atomic mass is 10.3. The van der Waals surface area contributed by atoms with Crippen molar-refractivity contribution in [3.8, 4) is 5.75 Å². The third-order valence-electron chi connectivity index (χ3n) is 2.60. The third kappa shape index (κ3) is 2.91. The summed E-state index contributed by atoms with van der Waals surface area (Å²) in [7, 11) is -2.52. The van der Waals surface area contributed by atoms with E-state index in [1.54, 1.807) is 0 Å². The molecule has 0 atom stereocenters. The highest BCUT2D eigenvalue weighted by Crippen LogP contribution is 2.23. The molecule has 0 aliphatic carbocycles. The van der Waals surface area contributed by atoms with E-state index in [0.29, 0.717) is 5.69 Å². The van der Waals surface area contributed by atoms with Gasteiger partial charge in [0.05, 0.1) is 19.4 Å². The first-order valence-electron chi connectivity index (χ1n) is 5.61. The molecule has 20 heavy (non-hydrogen) atoms. The zero-order valence-electron chi connectivity index (χ0n) is 10.6. The van der Waals surface area contributed by atoms with Crippen molar-refractivity contribution in [2.24, 2.45) is 0 Å². The Labute approximate surface area is 115 Å². The SMILES string of the molecule is COc1ccc(NS(=O)(=O)c2c[nH]c(CO)c2)cc1F. The molecule has 108 valence electrons. The van der Waals surface area contributed by atoms with Crippen LogP contribution in [-0.4, -0.2) is 25.6 Å². The number of nitrogens with one attached hydrogen (secondary N) is 2. The highest BCUT2D eigenvalue weighted by Gasteiger charge is 2.17. The van der Waals surface area contributed by atoms with Crippen molar-refractivity contribution < 1.29 is 22.7 Å². The molecule has 0 amide bonds. The van der Waals surface area contributed by atoms with Crippen LogP contribution in [-0.2, 0) is 16.6 Å². The van der Waals surface area contributed by atoms with Gasteiger partial charge in [-0.2, -0.15) is 0 Å². The summed E-state index contributed by atoms with van der Waals surface area (Å²) in [6.07, 6.45) is 1.24. The molecule has 1 aromatic carbocycles. The Morgan fingerprint density at radius 3 is 2.70 bits per heavy atom. The number of H-pyrrole nitrogens is 1. The third-order valence-corrected chi connectivity index (χ3v) is 3.96. The molecule has 8 heteroatoms. The Bertz CT molecular complexity index is 712. The number of methoxy groups -OCH3 is 1. The maximum atomic E-state index is 13.5. The number of hydrogen-bond acceptors (Lipinski definition) is 4. The number of aliphatic hydroxyl groups is 1. The highest BCUT2D eigenvalue weighted by molar-refractivity contribution is 7.92. The molecule has 0 fully saturated rings. The second-order valence-electron chi connectivity index (χ2n) is 3.97. The molecule has 1 heterocycles. The zero-order valence-corrected chi connectivity index (χ0v) is 11.4. The van der Waals surface area contributed by atoms with Crippen LogP contribution < -0.4 is 9.46 Å². The number of aromatic nitrogens is 1. The fourth-order valence-corrected chi connectivity index (χ4v) is 2.68. The molecule has 0 bridgehead atoms. The summed E-state index contributed by atoms with van der Waals surface area (Å²) in [5, 5.41) is 8.89. The standard InChI is InChI=1S/C12H13FN2O4S/c1-19-12-3-2-8(5-11(12)13)15-20(17,18)10-4-9(7-16)14-6-10/h2-6,14-16H,7H2,1H3. The van der Waals surface area contributed by atoms with Gasteiger partial charge in [-0.1, -0.05) is 0 Å². The van der Waals surface area contributed by atoms with E-state index in [-0.39, 0.29) is 22.9 Å². The minimum absolute atomic E-state index is 0.0251. The molecular weight excluding hydrogens is 287 g/mol. The molecular formula is C12H13FN2O4S. The topological polar surface area (TPSA) is 91.4 Å². The maximum absolute atomic E-state index is 13.5. The van der Waals surface area contributed by atoms with E-state index in [1.807, 2.05) is 0 Å². The molecule has 2 aromatic rings. The van der Waals surface area contributed by atoms with Gasteiger partial charge in [0.25, 0.3) is 10.0 Å². The van der Waals surface area contributed by atoms with Crippen LogP contribution in [0.15, 0.2) is 35.4 Å². The van der Waals surface area contributed by atoms with E-state index < -0.39 is 15.8 Å². The van der Waals surface area contributed by atoms with Crippen molar-refractivity contribution in [2.75, 3.05) is 11.8 Å². The quantitative estimate of drug-likeness (QED) is 0.779. The number of hydrogen-bond donors (Lipinski definition) is 3. The predicted molar refractivity (Wildman–Crippen MR) is 70.5 cm³/mol. The van der Waals surface area contributed by atoms with Crippen molar-refractivity contribution in [2.45, 2.75) is 11.5 Å². The van der Waals surface area contributed by atoms with E-state index in [1.165, 1.54) is 31.5 Å². The maximum Gasteiger partial charge on any atom is 0.263 e. The molecule has 0 saturated carbocycles. The normalized spacial score (nSPS) is 11.3. The smallest absolute Gasteiger partial charge is 0.263 e. The summed E-state index contributed by atoms with van der Waals surface area (Å²) < 4.78 is 44.5. The number of ether oxygens (including phenoxy) is 1. The largest absolute Gasteiger partial charge is 0.494 e. The van der Waals surface area contributed by atoms with Gasteiger partial charge >= 0.3 is 0 Å². The zero-order chi connectivity index (χ0) is 14.8. The van der Waals surface area contributed by atoms with Crippen LogP contribution >= 0.6 is 0 Å². The average Bonchev–Trinajstić information content (AvgIpc) is 2.88. The van der Waals surface area contributed by atoms with Gasteiger partial charge in [0.1, 0.15) is 4.90 Å². The molecule has 0 radical (unpaired) electrons. The first-order chi connectivity index (χ1) is 9.46. The summed E-state index contributed by atoms with van der Waals surface area (Å²) in [5.41, 5.74) is 0.446.